The van der Waals surface area contributed by atoms with Crippen molar-refractivity contribution in [1.29, 1.82) is 0 Å². The summed E-state index contributed by atoms with van der Waals surface area (Å²) in [5, 5.41) is 0.811. The van der Waals surface area contributed by atoms with Crippen molar-refractivity contribution in [3.63, 3.8) is 0 Å². The third-order valence-corrected chi connectivity index (χ3v) is 4.91. The number of anilines is 2. The highest BCUT2D eigenvalue weighted by atomic mass is 32.1. The van der Waals surface area contributed by atoms with Crippen molar-refractivity contribution in [2.24, 2.45) is 5.73 Å². The average Bonchev–Trinajstić information content (AvgIpc) is 2.81. The fourth-order valence-electron chi connectivity index (χ4n) is 2.67. The summed E-state index contributed by atoms with van der Waals surface area (Å²) in [4.78, 5) is 21.4. The molecule has 0 radical (unpaired) electrons. The van der Waals surface area contributed by atoms with Gasteiger partial charge in [-0.15, -0.1) is 0 Å². The van der Waals surface area contributed by atoms with E-state index in [1.54, 1.807) is 4.90 Å². The van der Waals surface area contributed by atoms with E-state index < -0.39 is 0 Å². The Hall–Kier alpha value is -1.34. The number of piperidine rings is 1. The lowest BCUT2D eigenvalue weighted by Crippen LogP contribution is -2.42. The third-order valence-electron chi connectivity index (χ3n) is 3.79. The highest BCUT2D eigenvalue weighted by Gasteiger charge is 2.26. The van der Waals surface area contributed by atoms with E-state index in [0.29, 0.717) is 17.2 Å². The number of thiazole rings is 1. The Balaban J connectivity index is 2.20. The molecule has 21 heavy (non-hydrogen) atoms. The first-order valence-corrected chi connectivity index (χ1v) is 8.33. The molecule has 4 N–H and O–H groups in total. The first-order valence-electron chi connectivity index (χ1n) is 7.51. The van der Waals surface area contributed by atoms with E-state index in [0.717, 1.165) is 31.1 Å². The van der Waals surface area contributed by atoms with Crippen LogP contribution in [0.3, 0.4) is 0 Å². The van der Waals surface area contributed by atoms with Crippen LogP contribution in [0.15, 0.2) is 0 Å². The van der Waals surface area contributed by atoms with Crippen LogP contribution in [0.5, 0.6) is 0 Å². The van der Waals surface area contributed by atoms with Gasteiger partial charge in [0.15, 0.2) is 5.13 Å². The zero-order chi connectivity index (χ0) is 15.6. The summed E-state index contributed by atoms with van der Waals surface area (Å²) in [6.45, 7) is 8.35. The van der Waals surface area contributed by atoms with Crippen LogP contribution >= 0.6 is 11.3 Å². The van der Waals surface area contributed by atoms with Crippen LogP contribution in [0.2, 0.25) is 0 Å². The Morgan fingerprint density at radius 1 is 1.57 bits per heavy atom. The van der Waals surface area contributed by atoms with Crippen LogP contribution in [0, 0.1) is 0 Å². The lowest BCUT2D eigenvalue weighted by atomic mass is 10.1. The molecule has 0 saturated carbocycles. The van der Waals surface area contributed by atoms with Gasteiger partial charge in [-0.2, -0.15) is 0 Å². The van der Waals surface area contributed by atoms with Crippen LogP contribution in [0.1, 0.15) is 43.3 Å². The molecule has 6 nitrogen and oxygen atoms in total. The van der Waals surface area contributed by atoms with E-state index in [4.69, 9.17) is 11.5 Å². The van der Waals surface area contributed by atoms with E-state index in [1.807, 2.05) is 20.8 Å². The Morgan fingerprint density at radius 2 is 2.29 bits per heavy atom. The molecule has 0 aromatic carbocycles. The molecular formula is C14H25N5OS. The van der Waals surface area contributed by atoms with E-state index in [9.17, 15) is 4.79 Å². The van der Waals surface area contributed by atoms with Crippen LogP contribution in [0.25, 0.3) is 0 Å². The lowest BCUT2D eigenvalue weighted by Gasteiger charge is -2.30. The van der Waals surface area contributed by atoms with Crippen molar-refractivity contribution < 1.29 is 4.79 Å². The normalized spacial score (nSPS) is 19.1. The lowest BCUT2D eigenvalue weighted by molar-refractivity contribution is 0.0722. The van der Waals surface area contributed by atoms with Gasteiger partial charge in [-0.25, -0.2) is 4.98 Å². The van der Waals surface area contributed by atoms with Crippen LogP contribution in [-0.2, 0) is 0 Å². The van der Waals surface area contributed by atoms with E-state index in [-0.39, 0.29) is 18.0 Å². The molecule has 1 fully saturated rings. The highest BCUT2D eigenvalue weighted by Crippen LogP contribution is 2.31. The molecule has 1 atom stereocenters. The maximum atomic E-state index is 12.6. The maximum Gasteiger partial charge on any atom is 0.268 e. The molecule has 1 aliphatic rings. The molecule has 0 spiro atoms. The predicted octanol–water partition coefficient (Wildman–Crippen LogP) is 1.52. The van der Waals surface area contributed by atoms with Crippen LogP contribution in [0.4, 0.5) is 10.9 Å². The number of carbonyl (C=O) groups is 1. The molecule has 1 saturated heterocycles. The van der Waals surface area contributed by atoms with E-state index in [1.165, 1.54) is 11.3 Å². The number of rotatable bonds is 4. The average molecular weight is 311 g/mol. The summed E-state index contributed by atoms with van der Waals surface area (Å²) >= 11 is 1.38. The largest absolute Gasteiger partial charge is 0.382 e. The number of aromatic nitrogens is 1. The molecule has 2 heterocycles. The van der Waals surface area contributed by atoms with Crippen molar-refractivity contribution >= 4 is 28.2 Å². The van der Waals surface area contributed by atoms with Crippen molar-refractivity contribution in [1.82, 2.24) is 9.88 Å². The zero-order valence-electron chi connectivity index (χ0n) is 13.0. The number of hydrogen-bond donors (Lipinski definition) is 2. The minimum atomic E-state index is -0.0324. The van der Waals surface area contributed by atoms with Gasteiger partial charge < -0.3 is 21.3 Å². The standard InChI is InChI=1S/C14H25N5OS/c1-4-19(9(2)3)13(20)11-12(16)17-14(21-11)18-7-5-6-10(15)8-18/h9-10H,4-8,15-16H2,1-3H3. The Kier molecular flexibility index (Phi) is 5.05. The second-order valence-corrected chi connectivity index (χ2v) is 6.72. The first kappa shape index (κ1) is 16.0. The van der Waals surface area contributed by atoms with E-state index >= 15 is 0 Å². The predicted molar refractivity (Wildman–Crippen MR) is 87.8 cm³/mol. The first-order chi connectivity index (χ1) is 9.93. The molecule has 0 bridgehead atoms. The van der Waals surface area contributed by atoms with Gasteiger partial charge in [0.2, 0.25) is 0 Å². The summed E-state index contributed by atoms with van der Waals surface area (Å²) in [5.41, 5.74) is 12.0. The van der Waals surface area contributed by atoms with Gasteiger partial charge in [-0.1, -0.05) is 11.3 Å². The second kappa shape index (κ2) is 6.62. The van der Waals surface area contributed by atoms with Crippen LogP contribution in [-0.4, -0.2) is 47.5 Å². The Morgan fingerprint density at radius 3 is 2.86 bits per heavy atom. The van der Waals surface area contributed by atoms with Crippen molar-refractivity contribution in [3.8, 4) is 0 Å². The summed E-state index contributed by atoms with van der Waals surface area (Å²) in [7, 11) is 0. The zero-order valence-corrected chi connectivity index (χ0v) is 13.8. The van der Waals surface area contributed by atoms with Crippen molar-refractivity contribution in [3.05, 3.63) is 4.88 Å². The minimum absolute atomic E-state index is 0.0324. The molecule has 2 rings (SSSR count). The quantitative estimate of drug-likeness (QED) is 0.880. The van der Waals surface area contributed by atoms with Crippen LogP contribution < -0.4 is 16.4 Å². The van der Waals surface area contributed by atoms with Crippen molar-refractivity contribution in [2.45, 2.75) is 45.7 Å². The Bertz CT molecular complexity index is 502. The molecule has 1 unspecified atom stereocenters. The molecule has 0 aliphatic carbocycles. The summed E-state index contributed by atoms with van der Waals surface area (Å²) in [6.07, 6.45) is 2.09. The smallest absolute Gasteiger partial charge is 0.268 e. The van der Waals surface area contributed by atoms with E-state index in [2.05, 4.69) is 9.88 Å². The topological polar surface area (TPSA) is 88.5 Å². The number of hydrogen-bond acceptors (Lipinski definition) is 6. The van der Waals surface area contributed by atoms with Gasteiger partial charge in [-0.3, -0.25) is 4.79 Å². The van der Waals surface area contributed by atoms with Crippen molar-refractivity contribution in [2.75, 3.05) is 30.3 Å². The molecule has 1 aliphatic heterocycles. The molecule has 1 amide bonds. The van der Waals surface area contributed by atoms with Gasteiger partial charge >= 0.3 is 0 Å². The number of nitrogen functional groups attached to an aromatic ring is 1. The number of nitrogens with two attached hydrogens (primary N) is 2. The van der Waals surface area contributed by atoms with Gasteiger partial charge in [0.05, 0.1) is 0 Å². The summed E-state index contributed by atoms with van der Waals surface area (Å²) in [6, 6.07) is 0.321. The summed E-state index contributed by atoms with van der Waals surface area (Å²) < 4.78 is 0. The van der Waals surface area contributed by atoms with Gasteiger partial charge in [0.25, 0.3) is 5.91 Å². The fraction of sp³-hybridized carbons (Fsp3) is 0.714. The molecular weight excluding hydrogens is 286 g/mol. The fourth-order valence-corrected chi connectivity index (χ4v) is 3.64. The third kappa shape index (κ3) is 3.47. The molecule has 1 aromatic heterocycles. The van der Waals surface area contributed by atoms with Gasteiger partial charge in [0.1, 0.15) is 10.7 Å². The monoisotopic (exact) mass is 311 g/mol. The number of carbonyl (C=O) groups excluding carboxylic acids is 1. The maximum absolute atomic E-state index is 12.6. The highest BCUT2D eigenvalue weighted by molar-refractivity contribution is 7.18. The molecule has 1 aromatic rings. The molecule has 118 valence electrons. The minimum Gasteiger partial charge on any atom is -0.382 e. The van der Waals surface area contributed by atoms with Gasteiger partial charge in [-0.05, 0) is 33.6 Å². The molecule has 7 heteroatoms. The second-order valence-electron chi connectivity index (χ2n) is 5.74. The summed E-state index contributed by atoms with van der Waals surface area (Å²) in [5.74, 6) is 0.299. The Labute approximate surface area is 130 Å². The SMILES string of the molecule is CCN(C(=O)c1sc(N2CCCC(N)C2)nc1N)C(C)C. The number of nitrogens with zero attached hydrogens (tertiary/aromatic N) is 3. The van der Waals surface area contributed by atoms with Gasteiger partial charge in [0, 0.05) is 31.7 Å². The number of amides is 1.